The maximum absolute atomic E-state index is 12.7. The predicted molar refractivity (Wildman–Crippen MR) is 141 cm³/mol. The van der Waals surface area contributed by atoms with E-state index >= 15 is 0 Å². The second-order valence-electron chi connectivity index (χ2n) is 9.09. The molecule has 3 aromatic carbocycles. The molecule has 1 atom stereocenters. The molecule has 1 aliphatic heterocycles. The molecule has 7 nitrogen and oxygen atoms in total. The van der Waals surface area contributed by atoms with E-state index in [0.29, 0.717) is 29.1 Å². The van der Waals surface area contributed by atoms with Crippen molar-refractivity contribution in [3.8, 4) is 11.5 Å². The van der Waals surface area contributed by atoms with Gasteiger partial charge in [0, 0.05) is 29.8 Å². The number of likely N-dealkylation sites (N-methyl/N-ethyl adjacent to an activating group) is 1. The van der Waals surface area contributed by atoms with Crippen molar-refractivity contribution in [1.29, 1.82) is 0 Å². The second kappa shape index (κ2) is 12.0. The third-order valence-corrected chi connectivity index (χ3v) is 6.46. The van der Waals surface area contributed by atoms with Crippen molar-refractivity contribution in [3.63, 3.8) is 0 Å². The van der Waals surface area contributed by atoms with Gasteiger partial charge in [-0.25, -0.2) is 4.79 Å². The van der Waals surface area contributed by atoms with Gasteiger partial charge in [0.25, 0.3) is 0 Å². The quantitative estimate of drug-likeness (QED) is 0.384. The van der Waals surface area contributed by atoms with Crippen molar-refractivity contribution < 1.29 is 19.4 Å². The first-order chi connectivity index (χ1) is 17.4. The van der Waals surface area contributed by atoms with Crippen LogP contribution in [0.4, 0.5) is 5.69 Å². The molecule has 0 saturated carbocycles. The Balaban J connectivity index is 1.25. The Morgan fingerprint density at radius 2 is 1.67 bits per heavy atom. The normalized spacial score (nSPS) is 15.7. The lowest BCUT2D eigenvalue weighted by Crippen LogP contribution is -2.42. The van der Waals surface area contributed by atoms with Gasteiger partial charge in [-0.1, -0.05) is 23.7 Å². The molecule has 4 rings (SSSR count). The summed E-state index contributed by atoms with van der Waals surface area (Å²) in [5, 5.41) is 12.7. The molecule has 1 unspecified atom stereocenters. The van der Waals surface area contributed by atoms with Crippen molar-refractivity contribution in [3.05, 3.63) is 88.9 Å². The number of amides is 1. The van der Waals surface area contributed by atoms with Crippen molar-refractivity contribution >= 4 is 29.2 Å². The number of hydrogen-bond acceptors (Lipinski definition) is 5. The number of carbonyl (C=O) groups is 2. The number of carboxylic acids is 1. The Hall–Kier alpha value is -3.39. The number of rotatable bonds is 10. The summed E-state index contributed by atoms with van der Waals surface area (Å²) in [6, 6.07) is 21.7. The Morgan fingerprint density at radius 1 is 1.03 bits per heavy atom. The number of nitrogens with zero attached hydrogens (tertiary/aromatic N) is 2. The van der Waals surface area contributed by atoms with Gasteiger partial charge in [0.15, 0.2) is 0 Å². The predicted octanol–water partition coefficient (Wildman–Crippen LogP) is 5.37. The fourth-order valence-electron chi connectivity index (χ4n) is 4.43. The van der Waals surface area contributed by atoms with Crippen LogP contribution in [0.2, 0.25) is 5.02 Å². The minimum atomic E-state index is -0.919. The zero-order valence-electron chi connectivity index (χ0n) is 20.2. The molecule has 0 radical (unpaired) electrons. The highest BCUT2D eigenvalue weighted by atomic mass is 35.5. The third kappa shape index (κ3) is 7.31. The molecule has 0 aliphatic carbocycles. The van der Waals surface area contributed by atoms with Crippen LogP contribution in [0.15, 0.2) is 72.8 Å². The molecule has 36 heavy (non-hydrogen) atoms. The standard InChI is InChI=1S/C28H30ClN3O4/c1-31(17-20-4-6-21(7-5-20)28(34)35)18-24-3-2-16-32(24)19-27(33)30-23-10-14-26(15-11-23)36-25-12-8-22(29)9-13-25/h4-15,24H,2-3,16-19H2,1H3,(H,30,33)(H,34,35). The molecule has 1 heterocycles. The molecule has 1 amide bonds. The van der Waals surface area contributed by atoms with Gasteiger partial charge in [-0.05, 0) is 92.7 Å². The zero-order valence-corrected chi connectivity index (χ0v) is 20.9. The molecule has 8 heteroatoms. The maximum Gasteiger partial charge on any atom is 0.335 e. The highest BCUT2D eigenvalue weighted by Gasteiger charge is 2.27. The van der Waals surface area contributed by atoms with Crippen LogP contribution in [0.1, 0.15) is 28.8 Å². The monoisotopic (exact) mass is 507 g/mol. The van der Waals surface area contributed by atoms with Crippen LogP contribution in [0.25, 0.3) is 0 Å². The van der Waals surface area contributed by atoms with Crippen molar-refractivity contribution in [1.82, 2.24) is 9.80 Å². The SMILES string of the molecule is CN(Cc1ccc(C(=O)O)cc1)CC1CCCN1CC(=O)Nc1ccc(Oc2ccc(Cl)cc2)cc1. The van der Waals surface area contributed by atoms with Crippen molar-refractivity contribution in [2.45, 2.75) is 25.4 Å². The van der Waals surface area contributed by atoms with Crippen LogP contribution >= 0.6 is 11.6 Å². The zero-order chi connectivity index (χ0) is 25.5. The lowest BCUT2D eigenvalue weighted by Gasteiger charge is -2.28. The Labute approximate surface area is 216 Å². The van der Waals surface area contributed by atoms with Crippen LogP contribution in [0.3, 0.4) is 0 Å². The first kappa shape index (κ1) is 25.7. The van der Waals surface area contributed by atoms with E-state index in [1.165, 1.54) is 0 Å². The largest absolute Gasteiger partial charge is 0.478 e. The van der Waals surface area contributed by atoms with E-state index in [4.69, 9.17) is 21.4 Å². The van der Waals surface area contributed by atoms with Crippen LogP contribution in [-0.2, 0) is 11.3 Å². The number of hydrogen-bond donors (Lipinski definition) is 2. The Bertz CT molecular complexity index is 1170. The Kier molecular flexibility index (Phi) is 8.59. The highest BCUT2D eigenvalue weighted by molar-refractivity contribution is 6.30. The Morgan fingerprint density at radius 3 is 2.31 bits per heavy atom. The first-order valence-corrected chi connectivity index (χ1v) is 12.3. The van der Waals surface area contributed by atoms with Crippen molar-refractivity contribution in [2.75, 3.05) is 32.0 Å². The summed E-state index contributed by atoms with van der Waals surface area (Å²) in [5.74, 6) is 0.409. The topological polar surface area (TPSA) is 82.1 Å². The van der Waals surface area contributed by atoms with Crippen molar-refractivity contribution in [2.24, 2.45) is 0 Å². The lowest BCUT2D eigenvalue weighted by atomic mass is 10.1. The number of likely N-dealkylation sites (tertiary alicyclic amines) is 1. The van der Waals surface area contributed by atoms with Gasteiger partial charge < -0.3 is 20.1 Å². The molecule has 0 aromatic heterocycles. The van der Waals surface area contributed by atoms with E-state index in [-0.39, 0.29) is 11.5 Å². The highest BCUT2D eigenvalue weighted by Crippen LogP contribution is 2.25. The van der Waals surface area contributed by atoms with Gasteiger partial charge in [-0.3, -0.25) is 9.69 Å². The van der Waals surface area contributed by atoms with Gasteiger partial charge >= 0.3 is 5.97 Å². The van der Waals surface area contributed by atoms with Gasteiger partial charge in [0.1, 0.15) is 11.5 Å². The summed E-state index contributed by atoms with van der Waals surface area (Å²) in [6.45, 7) is 2.80. The van der Waals surface area contributed by atoms with Crippen LogP contribution in [0.5, 0.6) is 11.5 Å². The van der Waals surface area contributed by atoms with Crippen LogP contribution < -0.4 is 10.1 Å². The maximum atomic E-state index is 12.7. The average Bonchev–Trinajstić information content (AvgIpc) is 3.28. The molecule has 0 bridgehead atoms. The fourth-order valence-corrected chi connectivity index (χ4v) is 4.55. The van der Waals surface area contributed by atoms with Gasteiger partial charge in [0.2, 0.25) is 5.91 Å². The number of nitrogens with one attached hydrogen (secondary N) is 1. The van der Waals surface area contributed by atoms with E-state index in [2.05, 4.69) is 22.2 Å². The summed E-state index contributed by atoms with van der Waals surface area (Å²) in [5.41, 5.74) is 2.08. The van der Waals surface area contributed by atoms with Gasteiger partial charge in [0.05, 0.1) is 12.1 Å². The summed E-state index contributed by atoms with van der Waals surface area (Å²) < 4.78 is 5.80. The first-order valence-electron chi connectivity index (χ1n) is 11.9. The molecular formula is C28H30ClN3O4. The number of anilines is 1. The fraction of sp³-hybridized carbons (Fsp3) is 0.286. The smallest absolute Gasteiger partial charge is 0.335 e. The average molecular weight is 508 g/mol. The second-order valence-corrected chi connectivity index (χ2v) is 9.53. The molecule has 188 valence electrons. The van der Waals surface area contributed by atoms with Gasteiger partial charge in [-0.15, -0.1) is 0 Å². The van der Waals surface area contributed by atoms with Gasteiger partial charge in [-0.2, -0.15) is 0 Å². The van der Waals surface area contributed by atoms with E-state index < -0.39 is 5.97 Å². The summed E-state index contributed by atoms with van der Waals surface area (Å²) >= 11 is 5.91. The molecule has 3 aromatic rings. The van der Waals surface area contributed by atoms with E-state index in [1.54, 1.807) is 36.4 Å². The summed E-state index contributed by atoms with van der Waals surface area (Å²) in [7, 11) is 2.05. The number of benzene rings is 3. The number of ether oxygens (including phenoxy) is 1. The molecule has 0 spiro atoms. The molecule has 1 aliphatic rings. The van der Waals surface area contributed by atoms with Crippen LogP contribution in [0, 0.1) is 0 Å². The molecular weight excluding hydrogens is 478 g/mol. The van der Waals surface area contributed by atoms with Crippen LogP contribution in [-0.4, -0.2) is 59.5 Å². The molecule has 1 fully saturated rings. The minimum absolute atomic E-state index is 0.0415. The molecule has 2 N–H and O–H groups in total. The third-order valence-electron chi connectivity index (χ3n) is 6.21. The number of carboxylic acid groups (broad SMARTS) is 1. The van der Waals surface area contributed by atoms with E-state index in [0.717, 1.165) is 43.7 Å². The number of carbonyl (C=O) groups excluding carboxylic acids is 1. The van der Waals surface area contributed by atoms with E-state index in [1.807, 2.05) is 36.4 Å². The lowest BCUT2D eigenvalue weighted by molar-refractivity contribution is -0.117. The number of aromatic carboxylic acids is 1. The molecule has 1 saturated heterocycles. The minimum Gasteiger partial charge on any atom is -0.478 e. The number of halogens is 1. The van der Waals surface area contributed by atoms with E-state index in [9.17, 15) is 9.59 Å². The summed E-state index contributed by atoms with van der Waals surface area (Å²) in [4.78, 5) is 28.2. The summed E-state index contributed by atoms with van der Waals surface area (Å²) in [6.07, 6.45) is 2.11.